The number of hydrogen-bond donors (Lipinski definition) is 2. The van der Waals surface area contributed by atoms with Gasteiger partial charge in [0.05, 0.1) is 6.33 Å². The van der Waals surface area contributed by atoms with Crippen LogP contribution in [0, 0.1) is 0 Å². The highest BCUT2D eigenvalue weighted by Crippen LogP contribution is 2.23. The van der Waals surface area contributed by atoms with E-state index in [-0.39, 0.29) is 6.17 Å². The van der Waals surface area contributed by atoms with Gasteiger partial charge in [0, 0.05) is 7.05 Å². The molecule has 0 aliphatic carbocycles. The Morgan fingerprint density at radius 2 is 2.42 bits per heavy atom. The number of nitrogens with one attached hydrogen (secondary N) is 1. The zero-order valence-corrected chi connectivity index (χ0v) is 7.07. The van der Waals surface area contributed by atoms with Crippen molar-refractivity contribution < 1.29 is 0 Å². The van der Waals surface area contributed by atoms with Crippen LogP contribution < -0.4 is 11.1 Å². The minimum atomic E-state index is -0.317. The van der Waals surface area contributed by atoms with Crippen LogP contribution in [-0.4, -0.2) is 15.4 Å². The van der Waals surface area contributed by atoms with Crippen LogP contribution in [0.1, 0.15) is 18.8 Å². The van der Waals surface area contributed by atoms with Gasteiger partial charge in [-0.3, -0.25) is 0 Å². The molecule has 0 saturated heterocycles. The molecule has 5 heteroatoms. The van der Waals surface area contributed by atoms with Crippen LogP contribution in [0.4, 0.5) is 5.82 Å². The first-order valence-corrected chi connectivity index (χ1v) is 3.76. The minimum absolute atomic E-state index is 0.317. The molecule has 1 aromatic rings. The van der Waals surface area contributed by atoms with Crippen LogP contribution in [0.3, 0.4) is 0 Å². The molecule has 12 heavy (non-hydrogen) atoms. The van der Waals surface area contributed by atoms with Gasteiger partial charge < -0.3 is 15.6 Å². The molecule has 0 spiro atoms. The Morgan fingerprint density at radius 1 is 1.67 bits per heavy atom. The fraction of sp³-hybridized carbons (Fsp3) is 0.429. The summed E-state index contributed by atoms with van der Waals surface area (Å²) < 4.78 is 1.90. The van der Waals surface area contributed by atoms with Crippen molar-refractivity contribution >= 4 is 11.7 Å². The maximum Gasteiger partial charge on any atom is 0.145 e. The van der Waals surface area contributed by atoms with E-state index < -0.39 is 0 Å². The number of aromatic nitrogens is 2. The number of nitrogens with two attached hydrogens (primary N) is 1. The smallest absolute Gasteiger partial charge is 0.145 e. The Kier molecular flexibility index (Phi) is 1.41. The second kappa shape index (κ2) is 2.31. The fourth-order valence-corrected chi connectivity index (χ4v) is 1.29. The van der Waals surface area contributed by atoms with Gasteiger partial charge in [-0.1, -0.05) is 0 Å². The van der Waals surface area contributed by atoms with Gasteiger partial charge >= 0.3 is 0 Å². The maximum atomic E-state index is 5.75. The number of aliphatic imine (C=N–C) groups is 1. The van der Waals surface area contributed by atoms with E-state index in [1.807, 2.05) is 18.5 Å². The lowest BCUT2D eigenvalue weighted by molar-refractivity contribution is 0.741. The lowest BCUT2D eigenvalue weighted by atomic mass is 10.3. The molecule has 0 fully saturated rings. The van der Waals surface area contributed by atoms with Gasteiger partial charge in [-0.2, -0.15) is 0 Å². The van der Waals surface area contributed by atoms with Crippen LogP contribution in [0.5, 0.6) is 0 Å². The van der Waals surface area contributed by atoms with Gasteiger partial charge in [0.1, 0.15) is 23.5 Å². The molecule has 64 valence electrons. The van der Waals surface area contributed by atoms with Gasteiger partial charge in [-0.25, -0.2) is 9.98 Å². The summed E-state index contributed by atoms with van der Waals surface area (Å²) in [5.41, 5.74) is 6.56. The molecular formula is C7H11N5. The Morgan fingerprint density at radius 3 is 3.17 bits per heavy atom. The third-order valence-corrected chi connectivity index (χ3v) is 1.88. The number of hydrogen-bond acceptors (Lipinski definition) is 4. The van der Waals surface area contributed by atoms with Crippen molar-refractivity contribution in [2.45, 2.75) is 13.1 Å². The second-order valence-corrected chi connectivity index (χ2v) is 2.87. The molecule has 0 radical (unpaired) electrons. The summed E-state index contributed by atoms with van der Waals surface area (Å²) in [6, 6.07) is 0. The predicted molar refractivity (Wildman–Crippen MR) is 46.9 cm³/mol. The van der Waals surface area contributed by atoms with Crippen molar-refractivity contribution in [1.29, 1.82) is 0 Å². The van der Waals surface area contributed by atoms with Gasteiger partial charge in [0.25, 0.3) is 0 Å². The standard InChI is InChI=1S/C7H11N5/c1-4-10-6(8)5-7(11-4)12(2)3-9-5/h3,6H,8H2,1-2H3,(H,10,11). The summed E-state index contributed by atoms with van der Waals surface area (Å²) in [6.45, 7) is 1.88. The van der Waals surface area contributed by atoms with Crippen molar-refractivity contribution in [3.05, 3.63) is 12.0 Å². The molecule has 2 rings (SSSR count). The lowest BCUT2D eigenvalue weighted by Crippen LogP contribution is -2.23. The maximum absolute atomic E-state index is 5.75. The van der Waals surface area contributed by atoms with Crippen molar-refractivity contribution in [2.75, 3.05) is 5.32 Å². The predicted octanol–water partition coefficient (Wildman–Crippen LogP) is 0.221. The number of rotatable bonds is 0. The summed E-state index contributed by atoms with van der Waals surface area (Å²) in [5.74, 6) is 1.77. The molecular weight excluding hydrogens is 154 g/mol. The molecule has 0 aromatic carbocycles. The third-order valence-electron chi connectivity index (χ3n) is 1.88. The molecule has 0 saturated carbocycles. The van der Waals surface area contributed by atoms with Crippen molar-refractivity contribution in [1.82, 2.24) is 9.55 Å². The van der Waals surface area contributed by atoms with Gasteiger partial charge in [0.15, 0.2) is 0 Å². The van der Waals surface area contributed by atoms with E-state index in [0.717, 1.165) is 17.3 Å². The second-order valence-electron chi connectivity index (χ2n) is 2.87. The summed E-state index contributed by atoms with van der Waals surface area (Å²) in [6.07, 6.45) is 1.41. The van der Waals surface area contributed by atoms with E-state index in [1.165, 1.54) is 0 Å². The summed E-state index contributed by atoms with van der Waals surface area (Å²) >= 11 is 0. The van der Waals surface area contributed by atoms with Crippen LogP contribution in [-0.2, 0) is 7.05 Å². The molecule has 1 aliphatic heterocycles. The van der Waals surface area contributed by atoms with E-state index in [9.17, 15) is 0 Å². The molecule has 3 N–H and O–H groups in total. The quantitative estimate of drug-likeness (QED) is 0.578. The SMILES string of the molecule is CC1=NC(N)c2ncn(C)c2N1. The van der Waals surface area contributed by atoms with Gasteiger partial charge in [0.2, 0.25) is 0 Å². The number of anilines is 1. The first-order chi connectivity index (χ1) is 5.68. The highest BCUT2D eigenvalue weighted by Gasteiger charge is 2.19. The molecule has 1 unspecified atom stereocenters. The first-order valence-electron chi connectivity index (χ1n) is 3.76. The van der Waals surface area contributed by atoms with Crippen LogP contribution in [0.15, 0.2) is 11.3 Å². The van der Waals surface area contributed by atoms with Crippen molar-refractivity contribution in [3.8, 4) is 0 Å². The summed E-state index contributed by atoms with van der Waals surface area (Å²) in [7, 11) is 1.92. The molecule has 0 bridgehead atoms. The van der Waals surface area contributed by atoms with Gasteiger partial charge in [-0.05, 0) is 6.92 Å². The van der Waals surface area contributed by atoms with Crippen LogP contribution >= 0.6 is 0 Å². The summed E-state index contributed by atoms with van der Waals surface area (Å²) in [5, 5.41) is 3.11. The zero-order valence-electron chi connectivity index (χ0n) is 7.07. The Bertz CT molecular complexity index is 338. The van der Waals surface area contributed by atoms with Crippen LogP contribution in [0.2, 0.25) is 0 Å². The Labute approximate surface area is 70.3 Å². The fourth-order valence-electron chi connectivity index (χ4n) is 1.29. The van der Waals surface area contributed by atoms with E-state index in [4.69, 9.17) is 5.73 Å². The van der Waals surface area contributed by atoms with E-state index in [1.54, 1.807) is 6.33 Å². The van der Waals surface area contributed by atoms with Gasteiger partial charge in [-0.15, -0.1) is 0 Å². The Balaban J connectivity index is 2.50. The summed E-state index contributed by atoms with van der Waals surface area (Å²) in [4.78, 5) is 8.28. The van der Waals surface area contributed by atoms with Crippen molar-refractivity contribution in [3.63, 3.8) is 0 Å². The number of nitrogens with zero attached hydrogens (tertiary/aromatic N) is 3. The number of fused-ring (bicyclic) bond motifs is 1. The molecule has 1 atom stereocenters. The van der Waals surface area contributed by atoms with E-state index >= 15 is 0 Å². The van der Waals surface area contributed by atoms with E-state index in [2.05, 4.69) is 15.3 Å². The average Bonchev–Trinajstić information content (AvgIpc) is 2.33. The monoisotopic (exact) mass is 165 g/mol. The highest BCUT2D eigenvalue weighted by molar-refractivity contribution is 5.94. The minimum Gasteiger partial charge on any atom is -0.329 e. The molecule has 1 aliphatic rings. The zero-order chi connectivity index (χ0) is 8.72. The topological polar surface area (TPSA) is 68.2 Å². The lowest BCUT2D eigenvalue weighted by Gasteiger charge is -2.17. The van der Waals surface area contributed by atoms with Crippen LogP contribution in [0.25, 0.3) is 0 Å². The number of aryl methyl sites for hydroxylation is 1. The normalized spacial score (nSPS) is 21.2. The molecule has 5 nitrogen and oxygen atoms in total. The number of amidine groups is 1. The largest absolute Gasteiger partial charge is 0.329 e. The Hall–Kier alpha value is -1.36. The van der Waals surface area contributed by atoms with E-state index in [0.29, 0.717) is 0 Å². The molecule has 0 amide bonds. The molecule has 1 aromatic heterocycles. The molecule has 2 heterocycles. The highest BCUT2D eigenvalue weighted by atomic mass is 15.2. The third kappa shape index (κ3) is 0.902. The van der Waals surface area contributed by atoms with Crippen molar-refractivity contribution in [2.24, 2.45) is 17.8 Å². The average molecular weight is 165 g/mol. The number of imidazole rings is 1. The first kappa shape index (κ1) is 7.30.